The lowest BCUT2D eigenvalue weighted by Crippen LogP contribution is -2.46. The first-order chi connectivity index (χ1) is 13.7. The normalized spacial score (nSPS) is 20.0. The molecule has 0 bridgehead atoms. The van der Waals surface area contributed by atoms with Gasteiger partial charge in [0.25, 0.3) is 0 Å². The molecule has 4 heterocycles. The highest BCUT2D eigenvalue weighted by molar-refractivity contribution is 5.68. The first kappa shape index (κ1) is 16.9. The van der Waals surface area contributed by atoms with Gasteiger partial charge >= 0.3 is 0 Å². The summed E-state index contributed by atoms with van der Waals surface area (Å²) in [6.45, 7) is 5.88. The Kier molecular flexibility index (Phi) is 4.09. The van der Waals surface area contributed by atoms with Crippen LogP contribution in [0.4, 0.5) is 5.82 Å². The van der Waals surface area contributed by atoms with E-state index in [0.29, 0.717) is 0 Å². The number of nitrogens with zero attached hydrogens (tertiary/aromatic N) is 5. The maximum absolute atomic E-state index is 5.85. The Morgan fingerprint density at radius 2 is 1.71 bits per heavy atom. The first-order valence-electron chi connectivity index (χ1n) is 9.53. The van der Waals surface area contributed by atoms with Gasteiger partial charge in [-0.3, -0.25) is 5.10 Å². The van der Waals surface area contributed by atoms with Crippen LogP contribution in [0.25, 0.3) is 28.2 Å². The number of nitrogens with one attached hydrogen (secondary N) is 1. The molecule has 2 atom stereocenters. The van der Waals surface area contributed by atoms with E-state index in [1.54, 1.807) is 0 Å². The molecule has 142 valence electrons. The Labute approximate surface area is 163 Å². The Hall–Kier alpha value is -3.19. The number of aromatic nitrogens is 5. The maximum Gasteiger partial charge on any atom is 0.154 e. The summed E-state index contributed by atoms with van der Waals surface area (Å²) in [5.41, 5.74) is 4.88. The number of rotatable bonds is 3. The molecule has 1 aliphatic heterocycles. The molecular weight excluding hydrogens is 352 g/mol. The van der Waals surface area contributed by atoms with Gasteiger partial charge in [0.15, 0.2) is 5.65 Å². The quantitative estimate of drug-likeness (QED) is 0.595. The van der Waals surface area contributed by atoms with E-state index >= 15 is 0 Å². The van der Waals surface area contributed by atoms with E-state index in [9.17, 15) is 0 Å². The molecule has 1 aromatic carbocycles. The van der Waals surface area contributed by atoms with Crippen molar-refractivity contribution in [3.63, 3.8) is 0 Å². The minimum Gasteiger partial charge on any atom is -0.372 e. The van der Waals surface area contributed by atoms with E-state index in [2.05, 4.69) is 58.2 Å². The molecule has 1 fully saturated rings. The van der Waals surface area contributed by atoms with Crippen LogP contribution < -0.4 is 4.90 Å². The maximum atomic E-state index is 5.85. The van der Waals surface area contributed by atoms with Crippen LogP contribution in [0.5, 0.6) is 0 Å². The Morgan fingerprint density at radius 3 is 2.43 bits per heavy atom. The van der Waals surface area contributed by atoms with Crippen molar-refractivity contribution in [1.82, 2.24) is 24.8 Å². The third-order valence-corrected chi connectivity index (χ3v) is 5.07. The summed E-state index contributed by atoms with van der Waals surface area (Å²) in [7, 11) is 0. The Morgan fingerprint density at radius 1 is 0.964 bits per heavy atom. The number of imidazole rings is 1. The largest absolute Gasteiger partial charge is 0.372 e. The third-order valence-electron chi connectivity index (χ3n) is 5.07. The van der Waals surface area contributed by atoms with E-state index in [-0.39, 0.29) is 12.2 Å². The number of anilines is 1. The summed E-state index contributed by atoms with van der Waals surface area (Å²) in [5.74, 6) is 0.946. The van der Waals surface area contributed by atoms with Crippen LogP contribution in [-0.2, 0) is 4.74 Å². The van der Waals surface area contributed by atoms with Crippen LogP contribution in [0.15, 0.2) is 54.9 Å². The van der Waals surface area contributed by atoms with Gasteiger partial charge in [-0.25, -0.2) is 9.50 Å². The molecule has 28 heavy (non-hydrogen) atoms. The van der Waals surface area contributed by atoms with Crippen LogP contribution in [0.2, 0.25) is 0 Å². The first-order valence-corrected chi connectivity index (χ1v) is 9.53. The second-order valence-electron chi connectivity index (χ2n) is 7.30. The lowest BCUT2D eigenvalue weighted by Gasteiger charge is -2.35. The number of hydrogen-bond acceptors (Lipinski definition) is 5. The van der Waals surface area contributed by atoms with E-state index < -0.39 is 0 Å². The number of ether oxygens (including phenoxy) is 1. The minimum absolute atomic E-state index is 0.193. The number of fused-ring (bicyclic) bond motifs is 1. The highest BCUT2D eigenvalue weighted by atomic mass is 16.5. The van der Waals surface area contributed by atoms with Crippen molar-refractivity contribution in [2.45, 2.75) is 26.1 Å². The lowest BCUT2D eigenvalue weighted by molar-refractivity contribution is -0.00551. The molecule has 0 saturated carbocycles. The molecule has 0 unspecified atom stereocenters. The average Bonchev–Trinajstić information content (AvgIpc) is 3.37. The average molecular weight is 374 g/mol. The van der Waals surface area contributed by atoms with E-state index in [1.807, 2.05) is 35.1 Å². The van der Waals surface area contributed by atoms with Crippen molar-refractivity contribution in [3.8, 4) is 22.5 Å². The van der Waals surface area contributed by atoms with Gasteiger partial charge in [0, 0.05) is 30.4 Å². The molecule has 5 rings (SSSR count). The van der Waals surface area contributed by atoms with Gasteiger partial charge in [0.1, 0.15) is 5.82 Å². The smallest absolute Gasteiger partial charge is 0.154 e. The Bertz CT molecular complexity index is 1080. The summed E-state index contributed by atoms with van der Waals surface area (Å²) in [4.78, 5) is 6.80. The number of H-pyrrole nitrogens is 1. The fourth-order valence-corrected chi connectivity index (χ4v) is 3.83. The zero-order valence-corrected chi connectivity index (χ0v) is 15.9. The molecule has 0 aliphatic carbocycles. The van der Waals surface area contributed by atoms with E-state index in [0.717, 1.165) is 47.1 Å². The van der Waals surface area contributed by atoms with Crippen LogP contribution >= 0.6 is 0 Å². The van der Waals surface area contributed by atoms with Gasteiger partial charge in [-0.2, -0.15) is 5.10 Å². The van der Waals surface area contributed by atoms with Gasteiger partial charge in [0.2, 0.25) is 0 Å². The zero-order valence-electron chi connectivity index (χ0n) is 15.9. The number of hydrogen-bond donors (Lipinski definition) is 1. The number of morpholine rings is 1. The van der Waals surface area contributed by atoms with Crippen LogP contribution in [-0.4, -0.2) is 50.1 Å². The van der Waals surface area contributed by atoms with Gasteiger partial charge in [-0.1, -0.05) is 24.3 Å². The third kappa shape index (κ3) is 3.03. The second-order valence-corrected chi connectivity index (χ2v) is 7.30. The molecule has 3 aromatic heterocycles. The van der Waals surface area contributed by atoms with Gasteiger partial charge in [0.05, 0.1) is 29.8 Å². The minimum atomic E-state index is 0.193. The summed E-state index contributed by atoms with van der Waals surface area (Å²) >= 11 is 0. The predicted octanol–water partition coefficient (Wildman–Crippen LogP) is 3.40. The summed E-state index contributed by atoms with van der Waals surface area (Å²) in [6.07, 6.45) is 4.09. The molecule has 1 saturated heterocycles. The zero-order chi connectivity index (χ0) is 19.1. The van der Waals surface area contributed by atoms with Crippen molar-refractivity contribution < 1.29 is 4.74 Å². The topological polar surface area (TPSA) is 71.3 Å². The molecule has 0 amide bonds. The second kappa shape index (κ2) is 6.76. The SMILES string of the molecule is C[C@@H]1CN(c2ccc3ncc(-c4ccc(-c5cc[nH]n5)cc4)n3n2)C[C@H](C)O1. The predicted molar refractivity (Wildman–Crippen MR) is 108 cm³/mol. The summed E-state index contributed by atoms with van der Waals surface area (Å²) in [6, 6.07) is 14.3. The highest BCUT2D eigenvalue weighted by Gasteiger charge is 2.23. The molecule has 1 N–H and O–H groups in total. The van der Waals surface area contributed by atoms with Crippen LogP contribution in [0.3, 0.4) is 0 Å². The van der Waals surface area contributed by atoms with Crippen LogP contribution in [0.1, 0.15) is 13.8 Å². The van der Waals surface area contributed by atoms with Crippen molar-refractivity contribution in [1.29, 1.82) is 0 Å². The Balaban J connectivity index is 1.50. The van der Waals surface area contributed by atoms with Crippen molar-refractivity contribution >= 4 is 11.5 Å². The molecule has 0 spiro atoms. The van der Waals surface area contributed by atoms with Crippen molar-refractivity contribution in [2.24, 2.45) is 0 Å². The fraction of sp³-hybridized carbons (Fsp3) is 0.286. The monoisotopic (exact) mass is 374 g/mol. The number of aromatic amines is 1. The lowest BCUT2D eigenvalue weighted by atomic mass is 10.1. The molecule has 7 nitrogen and oxygen atoms in total. The molecule has 7 heteroatoms. The number of benzene rings is 1. The van der Waals surface area contributed by atoms with E-state index in [4.69, 9.17) is 9.84 Å². The van der Waals surface area contributed by atoms with Crippen LogP contribution in [0, 0.1) is 0 Å². The van der Waals surface area contributed by atoms with Gasteiger partial charge < -0.3 is 9.64 Å². The van der Waals surface area contributed by atoms with Gasteiger partial charge in [-0.15, -0.1) is 5.10 Å². The molecule has 4 aromatic rings. The summed E-state index contributed by atoms with van der Waals surface area (Å²) < 4.78 is 7.77. The fourth-order valence-electron chi connectivity index (χ4n) is 3.83. The highest BCUT2D eigenvalue weighted by Crippen LogP contribution is 2.25. The standard InChI is InChI=1S/C21H22N6O/c1-14-12-26(13-15(2)28-14)21-8-7-20-22-11-19(27(20)25-21)17-5-3-16(4-6-17)18-9-10-23-24-18/h3-11,14-15H,12-13H2,1-2H3,(H,23,24)/t14-,15+. The van der Waals surface area contributed by atoms with Gasteiger partial charge in [-0.05, 0) is 32.0 Å². The summed E-state index contributed by atoms with van der Waals surface area (Å²) in [5, 5.41) is 12.0. The van der Waals surface area contributed by atoms with Crippen molar-refractivity contribution in [3.05, 3.63) is 54.9 Å². The van der Waals surface area contributed by atoms with Crippen molar-refractivity contribution in [2.75, 3.05) is 18.0 Å². The molecule has 0 radical (unpaired) electrons. The molecule has 1 aliphatic rings. The molecular formula is C21H22N6O. The van der Waals surface area contributed by atoms with E-state index in [1.165, 1.54) is 0 Å².